The van der Waals surface area contributed by atoms with Crippen molar-refractivity contribution in [3.63, 3.8) is 0 Å². The van der Waals surface area contributed by atoms with E-state index >= 15 is 0 Å². The summed E-state index contributed by atoms with van der Waals surface area (Å²) in [5.41, 5.74) is 4.91. The first-order valence-corrected chi connectivity index (χ1v) is 10.4. The molecule has 6 rings (SSSR count). The maximum Gasteiger partial charge on any atom is 0.131 e. The molecule has 0 N–H and O–H groups in total. The normalized spacial score (nSPS) is 13.3. The van der Waals surface area contributed by atoms with E-state index in [1.54, 1.807) is 0 Å². The van der Waals surface area contributed by atoms with E-state index in [1.807, 2.05) is 24.3 Å². The van der Waals surface area contributed by atoms with Gasteiger partial charge in [-0.25, -0.2) is 0 Å². The Labute approximate surface area is 166 Å². The van der Waals surface area contributed by atoms with Gasteiger partial charge in [0.25, 0.3) is 0 Å². The lowest BCUT2D eigenvalue weighted by Crippen LogP contribution is -2.33. The average Bonchev–Trinajstić information content (AvgIpc) is 2.75. The Morgan fingerprint density at radius 2 is 1.18 bits per heavy atom. The first kappa shape index (κ1) is 15.7. The molecular formula is C25H16O2Si. The van der Waals surface area contributed by atoms with Crippen LogP contribution in [0.1, 0.15) is 11.1 Å². The second-order valence-electron chi connectivity index (χ2n) is 7.14. The molecule has 3 heteroatoms. The van der Waals surface area contributed by atoms with Gasteiger partial charge in [-0.05, 0) is 63.0 Å². The van der Waals surface area contributed by atoms with E-state index in [0.717, 1.165) is 29.4 Å². The molecule has 28 heavy (non-hydrogen) atoms. The molecule has 0 spiro atoms. The molecule has 2 radical (unpaired) electrons. The number of hydrogen-bond donors (Lipinski definition) is 0. The van der Waals surface area contributed by atoms with Crippen LogP contribution in [0.3, 0.4) is 0 Å². The number of rotatable bonds is 1. The minimum atomic E-state index is 0.618. The molecule has 0 aliphatic carbocycles. The third-order valence-electron chi connectivity index (χ3n) is 5.32. The number of ether oxygens (including phenoxy) is 2. The summed E-state index contributed by atoms with van der Waals surface area (Å²) < 4.78 is 12.2. The topological polar surface area (TPSA) is 18.5 Å². The fraction of sp³-hybridized carbons (Fsp3) is 0.0400. The molecule has 2 heterocycles. The van der Waals surface area contributed by atoms with E-state index in [2.05, 4.69) is 60.7 Å². The van der Waals surface area contributed by atoms with E-state index in [9.17, 15) is 0 Å². The van der Waals surface area contributed by atoms with Gasteiger partial charge in [0.2, 0.25) is 0 Å². The fourth-order valence-corrected chi connectivity index (χ4v) is 5.10. The van der Waals surface area contributed by atoms with Crippen molar-refractivity contribution in [3.05, 3.63) is 96.1 Å². The molecule has 4 aromatic rings. The minimum absolute atomic E-state index is 0.618. The number of para-hydroxylation sites is 2. The maximum atomic E-state index is 6.08. The van der Waals surface area contributed by atoms with Crippen molar-refractivity contribution in [2.24, 2.45) is 0 Å². The van der Waals surface area contributed by atoms with Crippen molar-refractivity contribution in [3.8, 4) is 34.1 Å². The Balaban J connectivity index is 1.36. The zero-order valence-corrected chi connectivity index (χ0v) is 16.1. The highest BCUT2D eigenvalue weighted by Crippen LogP contribution is 2.38. The molecule has 0 atom stereocenters. The van der Waals surface area contributed by atoms with Gasteiger partial charge in [-0.3, -0.25) is 0 Å². The van der Waals surface area contributed by atoms with Gasteiger partial charge in [-0.2, -0.15) is 0 Å². The minimum Gasteiger partial charge on any atom is -0.458 e. The molecule has 0 fully saturated rings. The highest BCUT2D eigenvalue weighted by atomic mass is 28.2. The molecule has 0 amide bonds. The lowest BCUT2D eigenvalue weighted by atomic mass is 9.96. The van der Waals surface area contributed by atoms with Crippen LogP contribution in [-0.4, -0.2) is 9.52 Å². The van der Waals surface area contributed by atoms with Crippen LogP contribution in [0.15, 0.2) is 84.9 Å². The molecule has 2 aliphatic rings. The monoisotopic (exact) mass is 376 g/mol. The van der Waals surface area contributed by atoms with Gasteiger partial charge in [0.1, 0.15) is 32.5 Å². The van der Waals surface area contributed by atoms with E-state index in [-0.39, 0.29) is 0 Å². The number of benzene rings is 4. The van der Waals surface area contributed by atoms with Crippen molar-refractivity contribution >= 4 is 19.9 Å². The van der Waals surface area contributed by atoms with Gasteiger partial charge >= 0.3 is 0 Å². The SMILES string of the molecule is c1ccc2c(c1)Cc1cc(-c3ccc4c(c3)[Si]c3ccccc3O4)ccc1O2. The van der Waals surface area contributed by atoms with Crippen molar-refractivity contribution in [1.29, 1.82) is 0 Å². The lowest BCUT2D eigenvalue weighted by Gasteiger charge is -2.22. The maximum absolute atomic E-state index is 6.08. The highest BCUT2D eigenvalue weighted by Gasteiger charge is 2.20. The van der Waals surface area contributed by atoms with Crippen LogP contribution in [0.5, 0.6) is 23.0 Å². The summed E-state index contributed by atoms with van der Waals surface area (Å²) in [5, 5.41) is 2.53. The van der Waals surface area contributed by atoms with Crippen molar-refractivity contribution in [2.75, 3.05) is 0 Å². The highest BCUT2D eigenvalue weighted by molar-refractivity contribution is 6.69. The second kappa shape index (κ2) is 6.11. The van der Waals surface area contributed by atoms with Crippen LogP contribution in [0.2, 0.25) is 0 Å². The van der Waals surface area contributed by atoms with Crippen molar-refractivity contribution in [2.45, 2.75) is 6.42 Å². The van der Waals surface area contributed by atoms with Crippen LogP contribution in [0.25, 0.3) is 11.1 Å². The van der Waals surface area contributed by atoms with Crippen LogP contribution < -0.4 is 19.8 Å². The average molecular weight is 376 g/mol. The Hall–Kier alpha value is -3.30. The van der Waals surface area contributed by atoms with Gasteiger partial charge in [-0.15, -0.1) is 0 Å². The quantitative estimate of drug-likeness (QED) is 0.383. The van der Waals surface area contributed by atoms with Crippen molar-refractivity contribution in [1.82, 2.24) is 0 Å². The molecule has 0 saturated carbocycles. The van der Waals surface area contributed by atoms with E-state index < -0.39 is 0 Å². The van der Waals surface area contributed by atoms with E-state index in [0.29, 0.717) is 9.52 Å². The Bertz CT molecular complexity index is 1130. The van der Waals surface area contributed by atoms with E-state index in [4.69, 9.17) is 9.47 Å². The van der Waals surface area contributed by atoms with Crippen LogP contribution in [0.4, 0.5) is 0 Å². The molecular weight excluding hydrogens is 360 g/mol. The summed E-state index contributed by atoms with van der Waals surface area (Å²) in [6.07, 6.45) is 0.905. The molecule has 0 saturated heterocycles. The van der Waals surface area contributed by atoms with Gasteiger partial charge in [0.05, 0.1) is 0 Å². The summed E-state index contributed by atoms with van der Waals surface area (Å²) in [7, 11) is 0.618. The molecule has 2 nitrogen and oxygen atoms in total. The predicted molar refractivity (Wildman–Crippen MR) is 113 cm³/mol. The molecule has 0 unspecified atom stereocenters. The molecule has 0 aromatic heterocycles. The van der Waals surface area contributed by atoms with E-state index in [1.165, 1.54) is 32.6 Å². The van der Waals surface area contributed by atoms with Crippen LogP contribution in [-0.2, 0) is 6.42 Å². The number of fused-ring (bicyclic) bond motifs is 4. The van der Waals surface area contributed by atoms with Gasteiger partial charge in [0.15, 0.2) is 0 Å². The lowest BCUT2D eigenvalue weighted by molar-refractivity contribution is 0.460. The molecule has 0 bridgehead atoms. The summed E-state index contributed by atoms with van der Waals surface area (Å²) in [4.78, 5) is 0. The van der Waals surface area contributed by atoms with Gasteiger partial charge in [0, 0.05) is 6.42 Å². The standard InChI is InChI=1S/C25H16O2Si/c1-2-6-20-18(5-1)14-19-13-16(9-11-21(19)26-20)17-10-12-23-25(15-17)28-24-8-4-3-7-22(24)27-23/h1-13,15H,14H2. The summed E-state index contributed by atoms with van der Waals surface area (Å²) in [5.74, 6) is 3.87. The zero-order valence-electron chi connectivity index (χ0n) is 15.1. The van der Waals surface area contributed by atoms with Crippen molar-refractivity contribution < 1.29 is 9.47 Å². The predicted octanol–water partition coefficient (Wildman–Crippen LogP) is 4.81. The number of hydrogen-bond acceptors (Lipinski definition) is 2. The first-order valence-electron chi connectivity index (χ1n) is 9.40. The fourth-order valence-electron chi connectivity index (χ4n) is 3.89. The zero-order chi connectivity index (χ0) is 18.5. The summed E-state index contributed by atoms with van der Waals surface area (Å²) in [6.45, 7) is 0. The molecule has 4 aromatic carbocycles. The van der Waals surface area contributed by atoms with Crippen LogP contribution in [0, 0.1) is 0 Å². The Morgan fingerprint density at radius 3 is 2.11 bits per heavy atom. The summed E-state index contributed by atoms with van der Waals surface area (Å²) >= 11 is 0. The third-order valence-corrected chi connectivity index (χ3v) is 6.67. The van der Waals surface area contributed by atoms with Gasteiger partial charge < -0.3 is 9.47 Å². The Morgan fingerprint density at radius 1 is 0.536 bits per heavy atom. The largest absolute Gasteiger partial charge is 0.458 e. The summed E-state index contributed by atoms with van der Waals surface area (Å²) in [6, 6.07) is 29.6. The first-order chi connectivity index (χ1) is 13.8. The molecule has 132 valence electrons. The molecule has 2 aliphatic heterocycles. The van der Waals surface area contributed by atoms with Gasteiger partial charge in [-0.1, -0.05) is 54.6 Å². The second-order valence-corrected chi connectivity index (χ2v) is 8.47. The third kappa shape index (κ3) is 2.55. The smallest absolute Gasteiger partial charge is 0.131 e. The van der Waals surface area contributed by atoms with Crippen LogP contribution >= 0.6 is 0 Å². The Kier molecular flexibility index (Phi) is 3.43.